The summed E-state index contributed by atoms with van der Waals surface area (Å²) in [6, 6.07) is -20.0. The zero-order valence-electron chi connectivity index (χ0n) is 83.9. The molecule has 31 N–H and O–H groups in total. The Balaban J connectivity index is 3.30. The van der Waals surface area contributed by atoms with E-state index < -0.39 is 247 Å². The molecular formula is C89H161N27O21S2. The highest BCUT2D eigenvalue weighted by Crippen LogP contribution is 2.22. The van der Waals surface area contributed by atoms with Crippen LogP contribution in [0.2, 0.25) is 0 Å². The first-order valence-electron chi connectivity index (χ1n) is 47.6. The molecule has 0 aliphatic carbocycles. The van der Waals surface area contributed by atoms with Crippen molar-refractivity contribution in [2.24, 2.45) is 85.8 Å². The minimum atomic E-state index is -1.43. The molecule has 0 aromatic rings. The summed E-state index contributed by atoms with van der Waals surface area (Å²) in [5, 5.41) is 55.5. The van der Waals surface area contributed by atoms with Crippen molar-refractivity contribution < 1.29 is 101 Å². The number of rotatable bonds is 67. The Morgan fingerprint density at radius 1 is 0.367 bits per heavy atom. The van der Waals surface area contributed by atoms with E-state index in [4.69, 9.17) is 39.5 Å². The second-order valence-electron chi connectivity index (χ2n) is 37.7. The van der Waals surface area contributed by atoms with Gasteiger partial charge in [0.1, 0.15) is 97.2 Å². The van der Waals surface area contributed by atoms with Crippen LogP contribution < -0.4 is 130 Å². The summed E-state index contributed by atoms with van der Waals surface area (Å²) < 4.78 is 0. The first kappa shape index (κ1) is 126. The molecular weight excluding hydrogens is 1850 g/mol. The van der Waals surface area contributed by atoms with Gasteiger partial charge in [0.25, 0.3) is 0 Å². The number of thiol groups is 1. The van der Waals surface area contributed by atoms with Gasteiger partial charge in [-0.1, -0.05) is 96.9 Å². The molecule has 0 bridgehead atoms. The van der Waals surface area contributed by atoms with E-state index in [0.717, 1.165) is 0 Å². The van der Waals surface area contributed by atoms with Crippen LogP contribution in [0.3, 0.4) is 0 Å². The molecule has 0 aromatic carbocycles. The van der Waals surface area contributed by atoms with Crippen molar-refractivity contribution >= 4 is 155 Å². The molecule has 16 atom stereocenters. The average Bonchev–Trinajstić information content (AvgIpc) is 1.74. The molecule has 790 valence electrons. The van der Waals surface area contributed by atoms with Crippen LogP contribution in [-0.2, 0) is 95.9 Å². The second kappa shape index (κ2) is 66.2. The molecule has 1 aliphatic heterocycles. The Morgan fingerprint density at radius 3 is 1.09 bits per heavy atom. The Hall–Kier alpha value is -11.4. The summed E-state index contributed by atoms with van der Waals surface area (Å²) in [6.07, 6.45) is 4.47. The van der Waals surface area contributed by atoms with Crippen LogP contribution >= 0.6 is 24.4 Å². The molecule has 0 spiro atoms. The largest absolute Gasteiger partial charge is 0.480 e. The molecule has 0 aromatic heterocycles. The monoisotopic (exact) mass is 2010 g/mol. The summed E-state index contributed by atoms with van der Waals surface area (Å²) in [5.41, 5.74) is 33.5. The van der Waals surface area contributed by atoms with E-state index in [1.54, 1.807) is 96.9 Å². The van der Waals surface area contributed by atoms with Gasteiger partial charge in [-0.15, -0.1) is 0 Å². The Kier molecular flexibility index (Phi) is 59.8. The quantitative estimate of drug-likeness (QED) is 0.0117. The van der Waals surface area contributed by atoms with Crippen molar-refractivity contribution in [3.05, 3.63) is 0 Å². The van der Waals surface area contributed by atoms with Gasteiger partial charge in [-0.2, -0.15) is 24.4 Å². The maximum Gasteiger partial charge on any atom is 0.322 e. The van der Waals surface area contributed by atoms with Gasteiger partial charge < -0.3 is 140 Å². The number of likely N-dealkylation sites (tertiary alicyclic amines) is 1. The number of carbonyl (C=O) groups is 20. The lowest BCUT2D eigenvalue weighted by atomic mass is 9.98. The number of carbonyl (C=O) groups excluding carboxylic acids is 19. The van der Waals surface area contributed by atoms with E-state index in [1.807, 2.05) is 6.26 Å². The van der Waals surface area contributed by atoms with Gasteiger partial charge in [0, 0.05) is 25.4 Å². The van der Waals surface area contributed by atoms with Crippen molar-refractivity contribution in [2.75, 3.05) is 70.1 Å². The number of nitrogens with zero attached hydrogens (tertiary/aromatic N) is 3. The van der Waals surface area contributed by atoms with Gasteiger partial charge in [0.05, 0.1) is 25.7 Å². The van der Waals surface area contributed by atoms with Gasteiger partial charge in [-0.05, 0) is 183 Å². The number of aliphatic carboxylic acids is 1. The summed E-state index contributed by atoms with van der Waals surface area (Å²) in [5.74, 6) is -18.4. The van der Waals surface area contributed by atoms with Crippen LogP contribution in [0.15, 0.2) is 9.98 Å². The van der Waals surface area contributed by atoms with E-state index >= 15 is 0 Å². The molecule has 139 heavy (non-hydrogen) atoms. The smallest absolute Gasteiger partial charge is 0.322 e. The Morgan fingerprint density at radius 2 is 0.691 bits per heavy atom. The predicted octanol–water partition coefficient (Wildman–Crippen LogP) is -5.45. The fraction of sp³-hybridized carbons (Fsp3) is 0.753. The van der Waals surface area contributed by atoms with Crippen LogP contribution in [0.4, 0.5) is 0 Å². The van der Waals surface area contributed by atoms with Crippen LogP contribution in [0.5, 0.6) is 0 Å². The number of hydrogen-bond acceptors (Lipinski definition) is 26. The lowest BCUT2D eigenvalue weighted by Crippen LogP contribution is -2.61. The molecule has 1 saturated heterocycles. The van der Waals surface area contributed by atoms with Crippen molar-refractivity contribution in [3.8, 4) is 0 Å². The third-order valence-electron chi connectivity index (χ3n) is 21.6. The number of guanidine groups is 2. The van der Waals surface area contributed by atoms with E-state index in [-0.39, 0.29) is 150 Å². The first-order valence-corrected chi connectivity index (χ1v) is 49.6. The highest BCUT2D eigenvalue weighted by Gasteiger charge is 2.41. The van der Waals surface area contributed by atoms with Gasteiger partial charge in [0.2, 0.25) is 112 Å². The summed E-state index contributed by atoms with van der Waals surface area (Å²) in [4.78, 5) is 283. The first-order chi connectivity index (χ1) is 65.1. The number of unbranched alkanes of at least 4 members (excludes halogenated alkanes) is 1. The number of carboxylic acid groups (broad SMARTS) is 1. The summed E-state index contributed by atoms with van der Waals surface area (Å²) in [6.45, 7) is 26.4. The number of hydrogen-bond donors (Lipinski definition) is 26. The van der Waals surface area contributed by atoms with Crippen molar-refractivity contribution in [1.82, 2.24) is 101 Å². The van der Waals surface area contributed by atoms with E-state index in [0.29, 0.717) is 38.0 Å². The molecule has 1 aliphatic rings. The SMILES string of the molecule is CSCC[C@H](N)C(=O)N[C@@H](CCCCN)C(=O)N[C@@H](C)C(=O)N[C@@H](CC(C)C)C(=O)NCC(=O)N[C@@H](C)C(=O)N[C@H](C(=O)N[C@@H](CC(C)C)C(=O)N[C@@H](CC(C)C)C(=O)N[C@@H](C)C(=O)N[C@@H](CC(C)C)C(=O)N[C@@H](CC(C)C)C(=O)N[C@@H](CC(C)C)C(=O)N[C@@H](CS)C(=O)NCC(=O)N[C@@H](CCCN=C(N)N)C(=O)N1CCC[C@H]1C(=O)NCC(=O)N[C@@H](CCCN=C(N)N)C(=O)NCC(=O)O)C(C)C. The molecule has 1 fully saturated rings. The minimum absolute atomic E-state index is 0.00604. The fourth-order valence-electron chi connectivity index (χ4n) is 14.4. The number of nitrogens with two attached hydrogens (primary N) is 6. The van der Waals surface area contributed by atoms with Crippen LogP contribution in [0.25, 0.3) is 0 Å². The third-order valence-corrected chi connectivity index (χ3v) is 22.6. The van der Waals surface area contributed by atoms with Crippen molar-refractivity contribution in [1.29, 1.82) is 0 Å². The highest BCUT2D eigenvalue weighted by molar-refractivity contribution is 7.98. The van der Waals surface area contributed by atoms with Crippen molar-refractivity contribution in [3.63, 3.8) is 0 Å². The highest BCUT2D eigenvalue weighted by atomic mass is 32.2. The Labute approximate surface area is 825 Å². The topological polar surface area (TPSA) is 762 Å². The number of nitrogens with one attached hydrogen (secondary N) is 18. The van der Waals surface area contributed by atoms with Gasteiger partial charge in [0.15, 0.2) is 11.9 Å². The number of thioether (sulfide) groups is 1. The Bertz CT molecular complexity index is 4120. The molecule has 48 nitrogen and oxygen atoms in total. The molecule has 1 rings (SSSR count). The third kappa shape index (κ3) is 51.3. The van der Waals surface area contributed by atoms with Gasteiger partial charge >= 0.3 is 5.97 Å². The standard InChI is InChI=1S/C89H161N27O21S2/c1-45(2)34-59(108-72(122)53(16)103-79(129)57(24-19-20-29-90)107-75(125)55(91)28-33-139-18)77(127)98-40-67(117)102-52(15)74(124)115-71(51(13)14)86(136)113-64(39-50(11)12)83(133)110-60(35-46(3)4)80(130)104-54(17)73(123)109-61(36-47(5)6)81(131)111-62(37-48(7)8)82(132)112-63(38-49(9)10)84(134)114-65(44-138)78(128)99-41-69(119)106-58(26-22-31-97-89(94)95)87(137)116-32-23-27-66(116)85(135)100-42-68(118)105-56(25-21-30-96-88(92)93)76(126)101-43-70(120)121/h45-66,71,138H,19-44,90-91H2,1-18H3,(H,98,127)(H,99,128)(H,100,135)(H,101,126)(H,102,117)(H,103,129)(H,104,130)(H,105,118)(H,106,119)(H,107,125)(H,108,122)(H,109,123)(H,110,133)(H,111,131)(H,112,132)(H,113,136)(H,114,134)(H,115,124)(H,120,121)(H4,92,93,96)(H4,94,95,97)/t52-,53-,54-,55-,56-,57-,58-,59-,60-,61-,62-,63-,64-,65-,66-,71-/m0/s1. The number of aliphatic imine (C=N–C) groups is 2. The summed E-state index contributed by atoms with van der Waals surface area (Å²) >= 11 is 5.81. The van der Waals surface area contributed by atoms with E-state index in [9.17, 15) is 95.9 Å². The molecule has 0 radical (unpaired) electrons. The van der Waals surface area contributed by atoms with Crippen LogP contribution in [-0.4, -0.2) is 307 Å². The lowest BCUT2D eigenvalue weighted by molar-refractivity contribution is -0.142. The normalized spacial score (nSPS) is 15.6. The predicted molar refractivity (Wildman–Crippen MR) is 528 cm³/mol. The van der Waals surface area contributed by atoms with Crippen molar-refractivity contribution in [2.45, 2.75) is 317 Å². The zero-order valence-corrected chi connectivity index (χ0v) is 85.6. The number of amides is 19. The average molecular weight is 2010 g/mol. The molecule has 1 heterocycles. The molecule has 0 saturated carbocycles. The fourth-order valence-corrected chi connectivity index (χ4v) is 15.1. The zero-order chi connectivity index (χ0) is 106. The van der Waals surface area contributed by atoms with Gasteiger partial charge in [-0.25, -0.2) is 0 Å². The molecule has 19 amide bonds. The molecule has 50 heteroatoms. The van der Waals surface area contributed by atoms with Gasteiger partial charge in [-0.3, -0.25) is 106 Å². The number of carboxylic acids is 1. The van der Waals surface area contributed by atoms with Crippen LogP contribution in [0.1, 0.15) is 220 Å². The van der Waals surface area contributed by atoms with E-state index in [1.165, 1.54) is 37.4 Å². The molecule has 0 unspecified atom stereocenters. The summed E-state index contributed by atoms with van der Waals surface area (Å²) in [7, 11) is 0. The second-order valence-corrected chi connectivity index (χ2v) is 39.0. The maximum absolute atomic E-state index is 14.5. The lowest BCUT2D eigenvalue weighted by Gasteiger charge is -2.29. The van der Waals surface area contributed by atoms with Crippen LogP contribution in [0, 0.1) is 41.4 Å². The minimum Gasteiger partial charge on any atom is -0.480 e. The van der Waals surface area contributed by atoms with E-state index in [2.05, 4.69) is 118 Å². The maximum atomic E-state index is 14.5.